The third-order valence-electron chi connectivity index (χ3n) is 2.55. The van der Waals surface area contributed by atoms with Gasteiger partial charge >= 0.3 is 6.18 Å². The maximum Gasteiger partial charge on any atom is 0.435 e. The number of aryl methyl sites for hydroxylation is 1. The van der Waals surface area contributed by atoms with Crippen LogP contribution >= 0.6 is 11.3 Å². The second-order valence-electron chi connectivity index (χ2n) is 4.02. The molecule has 2 heterocycles. The summed E-state index contributed by atoms with van der Waals surface area (Å²) in [5.41, 5.74) is 0.213. The number of carbonyl (C=O) groups excluding carboxylic acids is 1. The molecular formula is C10H10F3N5OS. The number of nitrogens with one attached hydrogen (secondary N) is 1. The van der Waals surface area contributed by atoms with E-state index >= 15 is 0 Å². The molecular weight excluding hydrogens is 295 g/mol. The minimum absolute atomic E-state index is 0.517. The van der Waals surface area contributed by atoms with Crippen molar-refractivity contribution in [2.75, 3.05) is 0 Å². The average Bonchev–Trinajstić information content (AvgIpc) is 2.95. The fourth-order valence-corrected chi connectivity index (χ4v) is 2.25. The lowest BCUT2D eigenvalue weighted by molar-refractivity contribution is -0.144. The van der Waals surface area contributed by atoms with Gasteiger partial charge in [-0.2, -0.15) is 13.2 Å². The third kappa shape index (κ3) is 2.79. The summed E-state index contributed by atoms with van der Waals surface area (Å²) in [7, 11) is 1.08. The molecule has 6 nitrogen and oxygen atoms in total. The molecule has 0 aliphatic heterocycles. The van der Waals surface area contributed by atoms with Gasteiger partial charge in [-0.1, -0.05) is 5.21 Å². The van der Waals surface area contributed by atoms with Crippen LogP contribution in [0.2, 0.25) is 0 Å². The Morgan fingerprint density at radius 1 is 1.50 bits per heavy atom. The third-order valence-corrected chi connectivity index (χ3v) is 3.16. The molecule has 0 saturated carbocycles. The SMILES string of the molecule is C[C@H](NC(=O)c1nnn(C)c1C(F)(F)F)c1cscn1. The highest BCUT2D eigenvalue weighted by atomic mass is 32.1. The molecule has 10 heteroatoms. The van der Waals surface area contributed by atoms with Crippen molar-refractivity contribution >= 4 is 17.2 Å². The molecule has 0 aliphatic carbocycles. The molecule has 1 N–H and O–H groups in total. The van der Waals surface area contributed by atoms with Gasteiger partial charge in [-0.3, -0.25) is 4.79 Å². The minimum atomic E-state index is -4.70. The first-order valence-corrected chi connectivity index (χ1v) is 6.40. The predicted molar refractivity (Wildman–Crippen MR) is 64.0 cm³/mol. The van der Waals surface area contributed by atoms with E-state index in [1.807, 2.05) is 0 Å². The Balaban J connectivity index is 2.22. The van der Waals surface area contributed by atoms with Crippen LogP contribution in [-0.4, -0.2) is 25.9 Å². The number of hydrogen-bond donors (Lipinski definition) is 1. The Morgan fingerprint density at radius 3 is 2.75 bits per heavy atom. The predicted octanol–water partition coefficient (Wildman–Crippen LogP) is 1.78. The molecule has 0 fully saturated rings. The van der Waals surface area contributed by atoms with Crippen molar-refractivity contribution in [3.8, 4) is 0 Å². The van der Waals surface area contributed by atoms with Crippen LogP contribution in [0.15, 0.2) is 10.9 Å². The lowest BCUT2D eigenvalue weighted by Gasteiger charge is -2.12. The molecule has 2 aromatic heterocycles. The van der Waals surface area contributed by atoms with Gasteiger partial charge in [-0.05, 0) is 6.92 Å². The van der Waals surface area contributed by atoms with Crippen molar-refractivity contribution in [1.82, 2.24) is 25.3 Å². The summed E-state index contributed by atoms with van der Waals surface area (Å²) in [4.78, 5) is 15.9. The van der Waals surface area contributed by atoms with E-state index in [0.717, 1.165) is 7.05 Å². The summed E-state index contributed by atoms with van der Waals surface area (Å²) in [6.45, 7) is 1.62. The Hall–Kier alpha value is -1.97. The Morgan fingerprint density at radius 2 is 2.20 bits per heavy atom. The van der Waals surface area contributed by atoms with Crippen molar-refractivity contribution in [2.24, 2.45) is 7.05 Å². The van der Waals surface area contributed by atoms with Gasteiger partial charge in [0, 0.05) is 12.4 Å². The van der Waals surface area contributed by atoms with E-state index in [9.17, 15) is 18.0 Å². The molecule has 0 bridgehead atoms. The summed E-state index contributed by atoms with van der Waals surface area (Å²) in [5.74, 6) is -0.939. The van der Waals surface area contributed by atoms with Crippen LogP contribution in [0.1, 0.15) is 34.8 Å². The first kappa shape index (κ1) is 14.4. The number of carbonyl (C=O) groups is 1. The summed E-state index contributed by atoms with van der Waals surface area (Å²) in [5, 5.41) is 10.6. The van der Waals surface area contributed by atoms with E-state index in [1.165, 1.54) is 11.3 Å². The average molecular weight is 305 g/mol. The molecule has 0 aromatic carbocycles. The van der Waals surface area contributed by atoms with Gasteiger partial charge in [0.05, 0.1) is 17.2 Å². The molecule has 2 aromatic rings. The van der Waals surface area contributed by atoms with Crippen molar-refractivity contribution in [2.45, 2.75) is 19.1 Å². The topological polar surface area (TPSA) is 72.7 Å². The van der Waals surface area contributed by atoms with Gasteiger partial charge in [0.15, 0.2) is 11.4 Å². The maximum absolute atomic E-state index is 12.8. The highest BCUT2D eigenvalue weighted by Gasteiger charge is 2.40. The van der Waals surface area contributed by atoms with Crippen LogP contribution in [0.5, 0.6) is 0 Å². The monoisotopic (exact) mass is 305 g/mol. The number of amides is 1. The van der Waals surface area contributed by atoms with Crippen LogP contribution in [0.25, 0.3) is 0 Å². The molecule has 108 valence electrons. The van der Waals surface area contributed by atoms with Crippen LogP contribution < -0.4 is 5.32 Å². The molecule has 0 unspecified atom stereocenters. The van der Waals surface area contributed by atoms with Gasteiger partial charge in [-0.25, -0.2) is 9.67 Å². The van der Waals surface area contributed by atoms with Crippen LogP contribution in [0.3, 0.4) is 0 Å². The van der Waals surface area contributed by atoms with Gasteiger partial charge in [0.25, 0.3) is 5.91 Å². The number of rotatable bonds is 3. The number of alkyl halides is 3. The largest absolute Gasteiger partial charge is 0.435 e. The highest BCUT2D eigenvalue weighted by molar-refractivity contribution is 7.07. The zero-order valence-electron chi connectivity index (χ0n) is 10.5. The Labute approximate surface area is 115 Å². The minimum Gasteiger partial charge on any atom is -0.342 e. The van der Waals surface area contributed by atoms with E-state index in [-0.39, 0.29) is 0 Å². The lowest BCUT2D eigenvalue weighted by atomic mass is 10.2. The van der Waals surface area contributed by atoms with Crippen molar-refractivity contribution in [3.05, 3.63) is 28.0 Å². The normalized spacial score (nSPS) is 13.2. The number of halogens is 3. The highest BCUT2D eigenvalue weighted by Crippen LogP contribution is 2.30. The second kappa shape index (κ2) is 5.19. The first-order valence-electron chi connectivity index (χ1n) is 5.46. The second-order valence-corrected chi connectivity index (χ2v) is 4.74. The van der Waals surface area contributed by atoms with Crippen LogP contribution in [0, 0.1) is 0 Å². The lowest BCUT2D eigenvalue weighted by Crippen LogP contribution is -2.29. The van der Waals surface area contributed by atoms with E-state index in [1.54, 1.807) is 17.8 Å². The van der Waals surface area contributed by atoms with Gasteiger partial charge in [-0.15, -0.1) is 16.4 Å². The van der Waals surface area contributed by atoms with Crippen LogP contribution in [0.4, 0.5) is 13.2 Å². The summed E-state index contributed by atoms with van der Waals surface area (Å²) in [6, 6.07) is -0.517. The molecule has 0 aliphatic rings. The number of hydrogen-bond acceptors (Lipinski definition) is 5. The van der Waals surface area contributed by atoms with Crippen molar-refractivity contribution < 1.29 is 18.0 Å². The fourth-order valence-electron chi connectivity index (χ4n) is 1.60. The van der Waals surface area contributed by atoms with Crippen LogP contribution in [-0.2, 0) is 13.2 Å². The Bertz CT molecular complexity index is 607. The molecule has 0 saturated heterocycles. The molecule has 1 atom stereocenters. The zero-order chi connectivity index (χ0) is 14.9. The fraction of sp³-hybridized carbons (Fsp3) is 0.400. The molecule has 20 heavy (non-hydrogen) atoms. The molecule has 2 rings (SSSR count). The van der Waals surface area contributed by atoms with E-state index in [2.05, 4.69) is 20.6 Å². The van der Waals surface area contributed by atoms with Gasteiger partial charge < -0.3 is 5.32 Å². The number of thiazole rings is 1. The maximum atomic E-state index is 12.8. The zero-order valence-corrected chi connectivity index (χ0v) is 11.3. The summed E-state index contributed by atoms with van der Waals surface area (Å²) >= 11 is 1.33. The smallest absolute Gasteiger partial charge is 0.342 e. The molecule has 0 spiro atoms. The van der Waals surface area contributed by atoms with Gasteiger partial charge in [0.1, 0.15) is 0 Å². The summed E-state index contributed by atoms with van der Waals surface area (Å²) in [6.07, 6.45) is -4.70. The summed E-state index contributed by atoms with van der Waals surface area (Å²) < 4.78 is 39.0. The standard InChI is InChI=1S/C10H10F3N5OS/c1-5(6-3-20-4-14-6)15-9(19)7-8(10(11,12)13)18(2)17-16-7/h3-5H,1-2H3,(H,15,19)/t5-/m0/s1. The molecule has 1 amide bonds. The van der Waals surface area contributed by atoms with E-state index in [0.29, 0.717) is 10.4 Å². The van der Waals surface area contributed by atoms with Crippen molar-refractivity contribution in [3.63, 3.8) is 0 Å². The van der Waals surface area contributed by atoms with Gasteiger partial charge in [0.2, 0.25) is 0 Å². The van der Waals surface area contributed by atoms with E-state index < -0.39 is 29.5 Å². The Kier molecular flexibility index (Phi) is 3.75. The number of aromatic nitrogens is 4. The quantitative estimate of drug-likeness (QED) is 0.938. The van der Waals surface area contributed by atoms with Crippen molar-refractivity contribution in [1.29, 1.82) is 0 Å². The van der Waals surface area contributed by atoms with E-state index in [4.69, 9.17) is 0 Å². The number of nitrogens with zero attached hydrogens (tertiary/aromatic N) is 4. The molecule has 0 radical (unpaired) electrons. The first-order chi connectivity index (χ1) is 9.30.